The first kappa shape index (κ1) is 17.3. The maximum absolute atomic E-state index is 14.1. The van der Waals surface area contributed by atoms with E-state index in [2.05, 4.69) is 11.9 Å². The van der Waals surface area contributed by atoms with Crippen LogP contribution < -0.4 is 4.74 Å². The van der Waals surface area contributed by atoms with Gasteiger partial charge in [0, 0.05) is 23.9 Å². The Labute approximate surface area is 157 Å². The molecule has 1 aromatic carbocycles. The molecular formula is C20H21ClFN3O. The molecule has 0 N–H and O–H groups in total. The monoisotopic (exact) mass is 373 g/mol. The number of aromatic nitrogens is 3. The number of hydrogen-bond donors (Lipinski definition) is 0. The first-order valence-corrected chi connectivity index (χ1v) is 9.52. The Balaban J connectivity index is 1.80. The second-order valence-corrected chi connectivity index (χ2v) is 7.09. The van der Waals surface area contributed by atoms with Crippen LogP contribution in [-0.4, -0.2) is 21.0 Å². The SMILES string of the molecule is CCCCOc1cc(-c2nc(C3CCC3)n3ccnc(Cl)c23)ccc1F. The van der Waals surface area contributed by atoms with Gasteiger partial charge >= 0.3 is 0 Å². The third kappa shape index (κ3) is 3.05. The Morgan fingerprint density at radius 2 is 2.19 bits per heavy atom. The first-order valence-electron chi connectivity index (χ1n) is 9.14. The molecule has 3 aromatic rings. The fourth-order valence-corrected chi connectivity index (χ4v) is 3.50. The lowest BCUT2D eigenvalue weighted by molar-refractivity contribution is 0.294. The second kappa shape index (κ2) is 7.23. The van der Waals surface area contributed by atoms with E-state index in [1.165, 1.54) is 12.5 Å². The minimum absolute atomic E-state index is 0.252. The Morgan fingerprint density at radius 3 is 2.92 bits per heavy atom. The van der Waals surface area contributed by atoms with Crippen molar-refractivity contribution in [3.8, 4) is 17.0 Å². The number of nitrogens with zero attached hydrogens (tertiary/aromatic N) is 3. The standard InChI is InChI=1S/C20H21ClFN3O/c1-2-3-11-26-16-12-14(7-8-15(16)22)17-18-19(21)23-9-10-25(18)20(24-17)13-5-4-6-13/h7-10,12-13H,2-6,11H2,1H3. The molecule has 4 rings (SSSR count). The quantitative estimate of drug-likeness (QED) is 0.525. The van der Waals surface area contributed by atoms with Crippen LogP contribution in [0.2, 0.25) is 5.15 Å². The van der Waals surface area contributed by atoms with Gasteiger partial charge in [0.2, 0.25) is 0 Å². The van der Waals surface area contributed by atoms with Gasteiger partial charge in [0.25, 0.3) is 0 Å². The number of unbranched alkanes of at least 4 members (excludes halogenated alkanes) is 1. The van der Waals surface area contributed by atoms with Crippen LogP contribution in [0.5, 0.6) is 5.75 Å². The van der Waals surface area contributed by atoms with Gasteiger partial charge in [-0.2, -0.15) is 0 Å². The molecule has 0 spiro atoms. The molecule has 2 heterocycles. The van der Waals surface area contributed by atoms with Gasteiger partial charge in [-0.25, -0.2) is 14.4 Å². The van der Waals surface area contributed by atoms with Crippen LogP contribution >= 0.6 is 11.6 Å². The number of benzene rings is 1. The highest BCUT2D eigenvalue weighted by molar-refractivity contribution is 6.33. The fraction of sp³-hybridized carbons (Fsp3) is 0.400. The predicted molar refractivity (Wildman–Crippen MR) is 100 cm³/mol. The summed E-state index contributed by atoms with van der Waals surface area (Å²) >= 11 is 6.39. The first-order chi connectivity index (χ1) is 12.7. The molecule has 1 fully saturated rings. The summed E-state index contributed by atoms with van der Waals surface area (Å²) in [5.74, 6) is 1.33. The molecule has 0 radical (unpaired) electrons. The summed E-state index contributed by atoms with van der Waals surface area (Å²) < 4.78 is 21.7. The van der Waals surface area contributed by atoms with E-state index in [0.717, 1.165) is 48.3 Å². The summed E-state index contributed by atoms with van der Waals surface area (Å²) in [6.07, 6.45) is 8.96. The molecule has 136 valence electrons. The molecule has 6 heteroatoms. The van der Waals surface area contributed by atoms with E-state index in [0.29, 0.717) is 17.7 Å². The van der Waals surface area contributed by atoms with Gasteiger partial charge in [0.1, 0.15) is 11.3 Å². The molecule has 0 amide bonds. The average molecular weight is 374 g/mol. The lowest BCUT2D eigenvalue weighted by Gasteiger charge is -2.23. The van der Waals surface area contributed by atoms with Gasteiger partial charge in [-0.1, -0.05) is 31.4 Å². The van der Waals surface area contributed by atoms with Crippen molar-refractivity contribution < 1.29 is 9.13 Å². The second-order valence-electron chi connectivity index (χ2n) is 6.73. The molecule has 0 bridgehead atoms. The van der Waals surface area contributed by atoms with E-state index < -0.39 is 0 Å². The number of hydrogen-bond acceptors (Lipinski definition) is 3. The molecular weight excluding hydrogens is 353 g/mol. The topological polar surface area (TPSA) is 39.4 Å². The molecule has 1 saturated carbocycles. The van der Waals surface area contributed by atoms with E-state index in [1.807, 2.05) is 10.6 Å². The summed E-state index contributed by atoms with van der Waals surface area (Å²) in [5.41, 5.74) is 2.28. The molecule has 0 unspecified atom stereocenters. The van der Waals surface area contributed by atoms with Crippen LogP contribution in [-0.2, 0) is 0 Å². The Bertz CT molecular complexity index is 936. The summed E-state index contributed by atoms with van der Waals surface area (Å²) in [6, 6.07) is 4.86. The molecule has 4 nitrogen and oxygen atoms in total. The molecule has 26 heavy (non-hydrogen) atoms. The minimum Gasteiger partial charge on any atom is -0.490 e. The Hall–Kier alpha value is -2.14. The van der Waals surface area contributed by atoms with E-state index in [1.54, 1.807) is 18.3 Å². The zero-order chi connectivity index (χ0) is 18.1. The molecule has 0 atom stereocenters. The van der Waals surface area contributed by atoms with Crippen molar-refractivity contribution in [2.75, 3.05) is 6.61 Å². The van der Waals surface area contributed by atoms with Crippen LogP contribution in [0.1, 0.15) is 50.8 Å². The van der Waals surface area contributed by atoms with Crippen molar-refractivity contribution >= 4 is 17.1 Å². The number of imidazole rings is 1. The maximum atomic E-state index is 14.1. The summed E-state index contributed by atoms with van der Waals surface area (Å²) in [7, 11) is 0. The number of ether oxygens (including phenoxy) is 1. The van der Waals surface area contributed by atoms with Crippen molar-refractivity contribution in [1.29, 1.82) is 0 Å². The molecule has 0 saturated heterocycles. The van der Waals surface area contributed by atoms with Crippen LogP contribution in [0, 0.1) is 5.82 Å². The van der Waals surface area contributed by atoms with Crippen molar-refractivity contribution in [3.63, 3.8) is 0 Å². The van der Waals surface area contributed by atoms with Gasteiger partial charge in [-0.15, -0.1) is 0 Å². The van der Waals surface area contributed by atoms with Gasteiger partial charge < -0.3 is 4.74 Å². The molecule has 1 aliphatic carbocycles. The molecule has 1 aliphatic rings. The predicted octanol–water partition coefficient (Wildman–Crippen LogP) is 5.64. The van der Waals surface area contributed by atoms with Crippen molar-refractivity contribution in [2.24, 2.45) is 0 Å². The van der Waals surface area contributed by atoms with Gasteiger partial charge in [-0.3, -0.25) is 4.40 Å². The number of rotatable bonds is 6. The zero-order valence-electron chi connectivity index (χ0n) is 14.7. The smallest absolute Gasteiger partial charge is 0.165 e. The maximum Gasteiger partial charge on any atom is 0.165 e. The molecule has 0 aliphatic heterocycles. The average Bonchev–Trinajstić information content (AvgIpc) is 2.96. The van der Waals surface area contributed by atoms with E-state index in [4.69, 9.17) is 21.3 Å². The third-order valence-corrected chi connectivity index (χ3v) is 5.24. The van der Waals surface area contributed by atoms with Crippen LogP contribution in [0.25, 0.3) is 16.8 Å². The van der Waals surface area contributed by atoms with Crippen molar-refractivity contribution in [1.82, 2.24) is 14.4 Å². The highest BCUT2D eigenvalue weighted by Crippen LogP contribution is 2.40. The molecule has 2 aromatic heterocycles. The fourth-order valence-electron chi connectivity index (χ4n) is 3.27. The van der Waals surface area contributed by atoms with Crippen LogP contribution in [0.15, 0.2) is 30.6 Å². The van der Waals surface area contributed by atoms with Gasteiger partial charge in [0.05, 0.1) is 12.3 Å². The number of fused-ring (bicyclic) bond motifs is 1. The minimum atomic E-state index is -0.364. The lowest BCUT2D eigenvalue weighted by atomic mass is 9.85. The van der Waals surface area contributed by atoms with Crippen LogP contribution in [0.3, 0.4) is 0 Å². The largest absolute Gasteiger partial charge is 0.490 e. The van der Waals surface area contributed by atoms with Crippen LogP contribution in [0.4, 0.5) is 4.39 Å². The Morgan fingerprint density at radius 1 is 1.35 bits per heavy atom. The Kier molecular flexibility index (Phi) is 4.81. The highest BCUT2D eigenvalue weighted by Gasteiger charge is 2.27. The van der Waals surface area contributed by atoms with E-state index in [-0.39, 0.29) is 11.6 Å². The van der Waals surface area contributed by atoms with Gasteiger partial charge in [0.15, 0.2) is 16.7 Å². The normalized spacial score (nSPS) is 14.6. The highest BCUT2D eigenvalue weighted by atomic mass is 35.5. The summed E-state index contributed by atoms with van der Waals surface area (Å²) in [4.78, 5) is 9.08. The van der Waals surface area contributed by atoms with Gasteiger partial charge in [-0.05, 0) is 37.5 Å². The number of halogens is 2. The van der Waals surface area contributed by atoms with E-state index >= 15 is 0 Å². The van der Waals surface area contributed by atoms with Crippen molar-refractivity contribution in [3.05, 3.63) is 47.4 Å². The zero-order valence-corrected chi connectivity index (χ0v) is 15.5. The van der Waals surface area contributed by atoms with Crippen molar-refractivity contribution in [2.45, 2.75) is 44.9 Å². The third-order valence-electron chi connectivity index (χ3n) is 4.97. The lowest BCUT2D eigenvalue weighted by Crippen LogP contribution is -2.12. The summed E-state index contributed by atoms with van der Waals surface area (Å²) in [5, 5.41) is 0.401. The van der Waals surface area contributed by atoms with E-state index in [9.17, 15) is 4.39 Å². The summed E-state index contributed by atoms with van der Waals surface area (Å²) in [6.45, 7) is 2.57.